The lowest BCUT2D eigenvalue weighted by atomic mass is 10.2. The van der Waals surface area contributed by atoms with Crippen molar-refractivity contribution < 1.29 is 13.2 Å². The zero-order valence-corrected chi connectivity index (χ0v) is 13.2. The minimum absolute atomic E-state index is 0.0422. The SMILES string of the molecule is CCS(=O)(=O)CCNC(=O)c1cc(C)c(C#CCN)s1. The second kappa shape index (κ2) is 7.43. The molecule has 1 amide bonds. The summed E-state index contributed by atoms with van der Waals surface area (Å²) in [4.78, 5) is 13.2. The summed E-state index contributed by atoms with van der Waals surface area (Å²) in [7, 11) is -3.06. The average molecular weight is 314 g/mol. The van der Waals surface area contributed by atoms with Crippen molar-refractivity contribution in [2.24, 2.45) is 5.73 Å². The summed E-state index contributed by atoms with van der Waals surface area (Å²) in [6, 6.07) is 1.74. The highest BCUT2D eigenvalue weighted by molar-refractivity contribution is 7.91. The quantitative estimate of drug-likeness (QED) is 0.776. The smallest absolute Gasteiger partial charge is 0.261 e. The summed E-state index contributed by atoms with van der Waals surface area (Å²) in [5.41, 5.74) is 6.23. The number of sulfone groups is 1. The van der Waals surface area contributed by atoms with Crippen LogP contribution in [0.3, 0.4) is 0 Å². The van der Waals surface area contributed by atoms with Crippen LogP contribution < -0.4 is 11.1 Å². The van der Waals surface area contributed by atoms with Crippen LogP contribution in [0.15, 0.2) is 6.07 Å². The van der Waals surface area contributed by atoms with Crippen LogP contribution in [0.4, 0.5) is 0 Å². The number of hydrogen-bond acceptors (Lipinski definition) is 5. The number of nitrogens with two attached hydrogens (primary N) is 1. The molecule has 1 rings (SSSR count). The largest absolute Gasteiger partial charge is 0.350 e. The fourth-order valence-corrected chi connectivity index (χ4v) is 3.07. The Hall–Kier alpha value is -1.36. The molecule has 0 aliphatic heterocycles. The van der Waals surface area contributed by atoms with Gasteiger partial charge in [0.05, 0.1) is 22.1 Å². The van der Waals surface area contributed by atoms with Crippen molar-refractivity contribution in [3.63, 3.8) is 0 Å². The molecule has 1 aromatic heterocycles. The van der Waals surface area contributed by atoms with Crippen LogP contribution in [0.5, 0.6) is 0 Å². The molecule has 1 aromatic rings. The van der Waals surface area contributed by atoms with E-state index < -0.39 is 9.84 Å². The number of nitrogens with one attached hydrogen (secondary N) is 1. The Balaban J connectivity index is 2.65. The van der Waals surface area contributed by atoms with E-state index in [0.29, 0.717) is 4.88 Å². The number of hydrogen-bond donors (Lipinski definition) is 2. The van der Waals surface area contributed by atoms with Crippen molar-refractivity contribution in [2.45, 2.75) is 13.8 Å². The molecule has 3 N–H and O–H groups in total. The van der Waals surface area contributed by atoms with E-state index in [1.165, 1.54) is 11.3 Å². The van der Waals surface area contributed by atoms with Crippen LogP contribution in [-0.2, 0) is 9.84 Å². The molecule has 0 aromatic carbocycles. The molecule has 0 saturated heterocycles. The summed E-state index contributed by atoms with van der Waals surface area (Å²) in [5.74, 6) is 5.42. The fraction of sp³-hybridized carbons (Fsp3) is 0.462. The maximum atomic E-state index is 11.9. The van der Waals surface area contributed by atoms with Crippen LogP contribution in [0, 0.1) is 18.8 Å². The number of carbonyl (C=O) groups is 1. The van der Waals surface area contributed by atoms with Gasteiger partial charge in [-0.3, -0.25) is 4.79 Å². The minimum Gasteiger partial charge on any atom is -0.350 e. The highest BCUT2D eigenvalue weighted by Crippen LogP contribution is 2.20. The second-order valence-corrected chi connectivity index (χ2v) is 7.65. The van der Waals surface area contributed by atoms with E-state index in [9.17, 15) is 13.2 Å². The molecule has 0 aliphatic carbocycles. The van der Waals surface area contributed by atoms with Crippen molar-refractivity contribution >= 4 is 27.1 Å². The van der Waals surface area contributed by atoms with Crippen molar-refractivity contribution in [3.8, 4) is 11.8 Å². The monoisotopic (exact) mass is 314 g/mol. The summed E-state index contributed by atoms with van der Waals surface area (Å²) in [5, 5.41) is 2.61. The Kier molecular flexibility index (Phi) is 6.20. The van der Waals surface area contributed by atoms with E-state index in [-0.39, 0.29) is 30.5 Å². The van der Waals surface area contributed by atoms with Crippen LogP contribution >= 0.6 is 11.3 Å². The maximum absolute atomic E-state index is 11.9. The summed E-state index contributed by atoms with van der Waals surface area (Å²) >= 11 is 1.28. The Morgan fingerprint density at radius 3 is 2.80 bits per heavy atom. The molecule has 0 saturated carbocycles. The maximum Gasteiger partial charge on any atom is 0.261 e. The van der Waals surface area contributed by atoms with Gasteiger partial charge >= 0.3 is 0 Å². The van der Waals surface area contributed by atoms with Crippen LogP contribution in [0.2, 0.25) is 0 Å². The van der Waals surface area contributed by atoms with Crippen molar-refractivity contribution in [1.29, 1.82) is 0 Å². The van der Waals surface area contributed by atoms with Crippen molar-refractivity contribution in [1.82, 2.24) is 5.32 Å². The normalized spacial score (nSPS) is 10.8. The average Bonchev–Trinajstić information content (AvgIpc) is 2.77. The van der Waals surface area contributed by atoms with Gasteiger partial charge in [-0.05, 0) is 18.6 Å². The van der Waals surface area contributed by atoms with Crippen LogP contribution in [0.1, 0.15) is 27.0 Å². The van der Waals surface area contributed by atoms with Crippen LogP contribution in [0.25, 0.3) is 0 Å². The van der Waals surface area contributed by atoms with Gasteiger partial charge in [0, 0.05) is 12.3 Å². The zero-order chi connectivity index (χ0) is 15.2. The van der Waals surface area contributed by atoms with E-state index in [0.717, 1.165) is 10.4 Å². The van der Waals surface area contributed by atoms with Gasteiger partial charge in [-0.15, -0.1) is 11.3 Å². The molecular weight excluding hydrogens is 296 g/mol. The fourth-order valence-electron chi connectivity index (χ4n) is 1.40. The number of aryl methyl sites for hydroxylation is 1. The van der Waals surface area contributed by atoms with Crippen LogP contribution in [-0.4, -0.2) is 38.9 Å². The Morgan fingerprint density at radius 2 is 2.20 bits per heavy atom. The third-order valence-corrected chi connectivity index (χ3v) is 5.44. The first-order valence-corrected chi connectivity index (χ1v) is 8.81. The van der Waals surface area contributed by atoms with Crippen molar-refractivity contribution in [2.75, 3.05) is 24.6 Å². The lowest BCUT2D eigenvalue weighted by Gasteiger charge is -2.03. The molecule has 110 valence electrons. The number of rotatable bonds is 5. The second-order valence-electron chi connectivity index (χ2n) is 4.12. The number of thiophene rings is 1. The van der Waals surface area contributed by atoms with Gasteiger partial charge < -0.3 is 11.1 Å². The molecule has 0 spiro atoms. The Bertz CT molecular complexity index is 636. The van der Waals surface area contributed by atoms with Gasteiger partial charge in [-0.25, -0.2) is 8.42 Å². The number of amides is 1. The zero-order valence-electron chi connectivity index (χ0n) is 11.5. The Labute approximate surface area is 123 Å². The molecule has 5 nitrogen and oxygen atoms in total. The molecule has 0 radical (unpaired) electrons. The Morgan fingerprint density at radius 1 is 1.50 bits per heavy atom. The van der Waals surface area contributed by atoms with E-state index in [1.54, 1.807) is 13.0 Å². The van der Waals surface area contributed by atoms with Gasteiger partial charge in [-0.1, -0.05) is 18.8 Å². The van der Waals surface area contributed by atoms with E-state index in [1.807, 2.05) is 6.92 Å². The molecule has 0 unspecified atom stereocenters. The van der Waals surface area contributed by atoms with E-state index >= 15 is 0 Å². The predicted molar refractivity (Wildman–Crippen MR) is 81.6 cm³/mol. The van der Waals surface area contributed by atoms with Gasteiger partial charge in [0.1, 0.15) is 0 Å². The lowest BCUT2D eigenvalue weighted by Crippen LogP contribution is -2.29. The first kappa shape index (κ1) is 16.7. The minimum atomic E-state index is -3.06. The highest BCUT2D eigenvalue weighted by atomic mass is 32.2. The predicted octanol–water partition coefficient (Wildman–Crippen LogP) is 0.531. The first-order chi connectivity index (χ1) is 9.39. The van der Waals surface area contributed by atoms with Gasteiger partial charge in [0.15, 0.2) is 9.84 Å². The first-order valence-electron chi connectivity index (χ1n) is 6.17. The van der Waals surface area contributed by atoms with Crippen molar-refractivity contribution in [3.05, 3.63) is 21.4 Å². The number of carbonyl (C=O) groups excluding carboxylic acids is 1. The molecule has 7 heteroatoms. The summed E-state index contributed by atoms with van der Waals surface area (Å²) in [6.45, 7) is 3.85. The molecule has 1 heterocycles. The molecule has 0 fully saturated rings. The standard InChI is InChI=1S/C13H18N2O3S2/c1-3-20(17,18)8-7-15-13(16)12-9-10(2)11(19-12)5-4-6-14/h9H,3,6-8,14H2,1-2H3,(H,15,16). The molecule has 20 heavy (non-hydrogen) atoms. The van der Waals surface area contributed by atoms with Gasteiger partial charge in [0.25, 0.3) is 5.91 Å². The van der Waals surface area contributed by atoms with E-state index in [2.05, 4.69) is 17.2 Å². The molecule has 0 atom stereocenters. The topological polar surface area (TPSA) is 89.3 Å². The van der Waals surface area contributed by atoms with E-state index in [4.69, 9.17) is 5.73 Å². The third kappa shape index (κ3) is 4.96. The molecule has 0 bridgehead atoms. The van der Waals surface area contributed by atoms with Gasteiger partial charge in [0.2, 0.25) is 0 Å². The highest BCUT2D eigenvalue weighted by Gasteiger charge is 2.13. The summed E-state index contributed by atoms with van der Waals surface area (Å²) in [6.07, 6.45) is 0. The third-order valence-electron chi connectivity index (χ3n) is 2.58. The summed E-state index contributed by atoms with van der Waals surface area (Å²) < 4.78 is 22.6. The van der Waals surface area contributed by atoms with Gasteiger partial charge in [-0.2, -0.15) is 0 Å². The molecule has 0 aliphatic rings. The molecular formula is C13H18N2O3S2. The lowest BCUT2D eigenvalue weighted by molar-refractivity contribution is 0.0960.